The molecular weight excluding hydrogens is 418 g/mol. The molecule has 3 aromatic rings. The number of benzene rings is 2. The molecule has 33 heavy (non-hydrogen) atoms. The van der Waals surface area contributed by atoms with Gasteiger partial charge in [0.2, 0.25) is 5.91 Å². The summed E-state index contributed by atoms with van der Waals surface area (Å²) in [7, 11) is 5.20. The van der Waals surface area contributed by atoms with Crippen LogP contribution in [0, 0.1) is 0 Å². The minimum atomic E-state index is -0.157. The lowest BCUT2D eigenvalue weighted by Gasteiger charge is -2.28. The minimum Gasteiger partial charge on any atom is -0.385 e. The normalized spacial score (nSPS) is 11.0. The average Bonchev–Trinajstić information content (AvgIpc) is 3.24. The summed E-state index contributed by atoms with van der Waals surface area (Å²) in [6.07, 6.45) is 2.60. The van der Waals surface area contributed by atoms with Crippen molar-refractivity contribution in [3.05, 3.63) is 72.1 Å². The van der Waals surface area contributed by atoms with Crippen molar-refractivity contribution in [1.82, 2.24) is 14.4 Å². The van der Waals surface area contributed by atoms with Crippen LogP contribution >= 0.6 is 0 Å². The molecule has 0 aliphatic rings. The molecule has 0 radical (unpaired) electrons. The molecular formula is C26H33N3O4. The second-order valence-corrected chi connectivity index (χ2v) is 8.05. The van der Waals surface area contributed by atoms with Crippen LogP contribution in [0.5, 0.6) is 0 Å². The number of hydrogen-bond donors (Lipinski definition) is 0. The van der Waals surface area contributed by atoms with E-state index in [-0.39, 0.29) is 18.4 Å². The zero-order valence-electron chi connectivity index (χ0n) is 19.7. The second kappa shape index (κ2) is 12.2. The number of ether oxygens (including phenoxy) is 2. The minimum absolute atomic E-state index is 0.00348. The van der Waals surface area contributed by atoms with Gasteiger partial charge in [0.15, 0.2) is 0 Å². The SMILES string of the molecule is COCCCN(CC(=O)N(CCOC)Cc1cccn1C)C(=O)c1ccc2ccccc2c1. The number of aromatic nitrogens is 1. The fourth-order valence-corrected chi connectivity index (χ4v) is 3.77. The maximum Gasteiger partial charge on any atom is 0.254 e. The summed E-state index contributed by atoms with van der Waals surface area (Å²) < 4.78 is 12.4. The Hall–Kier alpha value is -3.16. The Bertz CT molecular complexity index is 1060. The molecule has 0 bridgehead atoms. The van der Waals surface area contributed by atoms with E-state index in [2.05, 4.69) is 0 Å². The van der Waals surface area contributed by atoms with Crippen LogP contribution in [0.25, 0.3) is 10.8 Å². The van der Waals surface area contributed by atoms with E-state index in [4.69, 9.17) is 9.47 Å². The Balaban J connectivity index is 1.79. The van der Waals surface area contributed by atoms with Gasteiger partial charge in [0.25, 0.3) is 5.91 Å². The number of methoxy groups -OCH3 is 2. The zero-order chi connectivity index (χ0) is 23.6. The number of amides is 2. The van der Waals surface area contributed by atoms with E-state index < -0.39 is 0 Å². The van der Waals surface area contributed by atoms with Crippen molar-refractivity contribution in [2.45, 2.75) is 13.0 Å². The summed E-state index contributed by atoms with van der Waals surface area (Å²) in [5.74, 6) is -0.268. The van der Waals surface area contributed by atoms with Gasteiger partial charge >= 0.3 is 0 Å². The lowest BCUT2D eigenvalue weighted by molar-refractivity contribution is -0.133. The highest BCUT2D eigenvalue weighted by Gasteiger charge is 2.23. The van der Waals surface area contributed by atoms with E-state index in [1.165, 1.54) is 0 Å². The molecule has 2 amide bonds. The lowest BCUT2D eigenvalue weighted by atomic mass is 10.1. The Kier molecular flexibility index (Phi) is 9.04. The Labute approximate surface area is 195 Å². The van der Waals surface area contributed by atoms with Gasteiger partial charge < -0.3 is 23.8 Å². The average molecular weight is 452 g/mol. The van der Waals surface area contributed by atoms with Gasteiger partial charge in [-0.2, -0.15) is 0 Å². The number of carbonyl (C=O) groups excluding carboxylic acids is 2. The maximum absolute atomic E-state index is 13.4. The first-order valence-corrected chi connectivity index (χ1v) is 11.2. The summed E-state index contributed by atoms with van der Waals surface area (Å²) >= 11 is 0. The quantitative estimate of drug-likeness (QED) is 0.396. The van der Waals surface area contributed by atoms with Crippen molar-refractivity contribution >= 4 is 22.6 Å². The van der Waals surface area contributed by atoms with Crippen LogP contribution in [-0.4, -0.2) is 73.2 Å². The molecule has 0 saturated carbocycles. The number of fused-ring (bicyclic) bond motifs is 1. The predicted molar refractivity (Wildman–Crippen MR) is 129 cm³/mol. The first-order valence-electron chi connectivity index (χ1n) is 11.2. The zero-order valence-corrected chi connectivity index (χ0v) is 19.7. The van der Waals surface area contributed by atoms with Crippen molar-refractivity contribution in [3.8, 4) is 0 Å². The number of nitrogens with zero attached hydrogens (tertiary/aromatic N) is 3. The summed E-state index contributed by atoms with van der Waals surface area (Å²) in [6, 6.07) is 17.5. The number of carbonyl (C=O) groups is 2. The molecule has 3 rings (SSSR count). The fraction of sp³-hybridized carbons (Fsp3) is 0.385. The fourth-order valence-electron chi connectivity index (χ4n) is 3.77. The Morgan fingerprint density at radius 3 is 2.33 bits per heavy atom. The van der Waals surface area contributed by atoms with E-state index in [0.717, 1.165) is 16.5 Å². The number of hydrogen-bond acceptors (Lipinski definition) is 4. The highest BCUT2D eigenvalue weighted by Crippen LogP contribution is 2.17. The maximum atomic E-state index is 13.4. The molecule has 176 valence electrons. The molecule has 1 heterocycles. The van der Waals surface area contributed by atoms with E-state index in [1.54, 1.807) is 24.0 Å². The summed E-state index contributed by atoms with van der Waals surface area (Å²) in [5.41, 5.74) is 1.59. The second-order valence-electron chi connectivity index (χ2n) is 8.05. The summed E-state index contributed by atoms with van der Waals surface area (Å²) in [5, 5.41) is 2.07. The molecule has 0 aliphatic heterocycles. The molecule has 2 aromatic carbocycles. The van der Waals surface area contributed by atoms with Crippen LogP contribution in [-0.2, 0) is 27.9 Å². The van der Waals surface area contributed by atoms with Crippen LogP contribution in [0.4, 0.5) is 0 Å². The third-order valence-electron chi connectivity index (χ3n) is 5.71. The van der Waals surface area contributed by atoms with Gasteiger partial charge in [-0.05, 0) is 41.5 Å². The summed E-state index contributed by atoms with van der Waals surface area (Å²) in [6.45, 7) is 2.31. The molecule has 0 saturated heterocycles. The molecule has 0 spiro atoms. The van der Waals surface area contributed by atoms with Crippen LogP contribution < -0.4 is 0 Å². The van der Waals surface area contributed by atoms with Gasteiger partial charge in [-0.15, -0.1) is 0 Å². The number of aryl methyl sites for hydroxylation is 1. The van der Waals surface area contributed by atoms with Crippen LogP contribution in [0.2, 0.25) is 0 Å². The van der Waals surface area contributed by atoms with Gasteiger partial charge in [0.05, 0.1) is 13.2 Å². The molecule has 1 aromatic heterocycles. The van der Waals surface area contributed by atoms with Crippen LogP contribution in [0.1, 0.15) is 22.5 Å². The third-order valence-corrected chi connectivity index (χ3v) is 5.71. The van der Waals surface area contributed by atoms with E-state index in [9.17, 15) is 9.59 Å². The number of rotatable bonds is 12. The molecule has 7 heteroatoms. The molecule has 0 aliphatic carbocycles. The molecule has 0 N–H and O–H groups in total. The highest BCUT2D eigenvalue weighted by molar-refractivity contribution is 6.00. The van der Waals surface area contributed by atoms with Crippen LogP contribution in [0.3, 0.4) is 0 Å². The van der Waals surface area contributed by atoms with Gasteiger partial charge in [0.1, 0.15) is 6.54 Å². The molecule has 0 fully saturated rings. The highest BCUT2D eigenvalue weighted by atomic mass is 16.5. The first kappa shape index (κ1) is 24.5. The van der Waals surface area contributed by atoms with Gasteiger partial charge in [-0.3, -0.25) is 9.59 Å². The van der Waals surface area contributed by atoms with Crippen molar-refractivity contribution in [1.29, 1.82) is 0 Å². The topological polar surface area (TPSA) is 64.0 Å². The van der Waals surface area contributed by atoms with E-state index in [0.29, 0.717) is 44.8 Å². The van der Waals surface area contributed by atoms with E-state index >= 15 is 0 Å². The molecule has 0 atom stereocenters. The Morgan fingerprint density at radius 1 is 0.879 bits per heavy atom. The van der Waals surface area contributed by atoms with Crippen molar-refractivity contribution in [3.63, 3.8) is 0 Å². The molecule has 0 unspecified atom stereocenters. The van der Waals surface area contributed by atoms with Crippen molar-refractivity contribution < 1.29 is 19.1 Å². The summed E-state index contributed by atoms with van der Waals surface area (Å²) in [4.78, 5) is 30.1. The van der Waals surface area contributed by atoms with E-state index in [1.807, 2.05) is 72.4 Å². The smallest absolute Gasteiger partial charge is 0.254 e. The van der Waals surface area contributed by atoms with Gasteiger partial charge in [0, 0.05) is 58.4 Å². The van der Waals surface area contributed by atoms with Gasteiger partial charge in [-0.25, -0.2) is 0 Å². The largest absolute Gasteiger partial charge is 0.385 e. The first-order chi connectivity index (χ1) is 16.0. The predicted octanol–water partition coefficient (Wildman–Crippen LogP) is 3.33. The molecule has 7 nitrogen and oxygen atoms in total. The van der Waals surface area contributed by atoms with Crippen LogP contribution in [0.15, 0.2) is 60.8 Å². The van der Waals surface area contributed by atoms with Crippen molar-refractivity contribution in [2.75, 3.05) is 47.1 Å². The standard InChI is InChI=1S/C26H33N3O4/c1-27-13-6-10-24(27)19-28(15-17-33-3)25(30)20-29(14-7-16-32-2)26(31)23-12-11-21-8-4-5-9-22(21)18-23/h4-6,8-13,18H,7,14-17,19-20H2,1-3H3. The third kappa shape index (κ3) is 6.66. The van der Waals surface area contributed by atoms with Crippen molar-refractivity contribution in [2.24, 2.45) is 7.05 Å². The van der Waals surface area contributed by atoms with Gasteiger partial charge in [-0.1, -0.05) is 30.3 Å². The monoisotopic (exact) mass is 451 g/mol. The Morgan fingerprint density at radius 2 is 1.64 bits per heavy atom. The lowest BCUT2D eigenvalue weighted by Crippen LogP contribution is -2.44.